The summed E-state index contributed by atoms with van der Waals surface area (Å²) in [6.07, 6.45) is 0. The molecule has 1 heterocycles. The van der Waals surface area contributed by atoms with Gasteiger partial charge in [-0.2, -0.15) is 4.80 Å². The Bertz CT molecular complexity index is 1350. The number of aryl methyl sites for hydroxylation is 1. The van der Waals surface area contributed by atoms with Crippen LogP contribution in [0.3, 0.4) is 0 Å². The van der Waals surface area contributed by atoms with Crippen molar-refractivity contribution in [3.8, 4) is 5.69 Å². The number of aromatic nitrogens is 3. The van der Waals surface area contributed by atoms with Gasteiger partial charge in [-0.1, -0.05) is 6.07 Å². The van der Waals surface area contributed by atoms with E-state index < -0.39 is 0 Å². The number of fused-ring (bicyclic) bond motifs is 1. The van der Waals surface area contributed by atoms with E-state index in [0.29, 0.717) is 5.56 Å². The molecule has 0 fully saturated rings. The second-order valence-electron chi connectivity index (χ2n) is 7.75. The maximum atomic E-state index is 12.5. The summed E-state index contributed by atoms with van der Waals surface area (Å²) in [6.45, 7) is 8.17. The van der Waals surface area contributed by atoms with Gasteiger partial charge in [-0.05, 0) is 116 Å². The number of carbonyl (C=O) groups is 1. The first kappa shape index (κ1) is 24.1. The number of hydrogen-bond acceptors (Lipinski definition) is 5. The molecule has 0 aliphatic rings. The van der Waals surface area contributed by atoms with E-state index >= 15 is 0 Å². The van der Waals surface area contributed by atoms with Crippen LogP contribution in [0.4, 0.5) is 11.4 Å². The van der Waals surface area contributed by atoms with Gasteiger partial charge in [0.2, 0.25) is 0 Å². The Hall–Kier alpha value is -3.05. The molecule has 34 heavy (non-hydrogen) atoms. The molecule has 174 valence electrons. The zero-order chi connectivity index (χ0) is 24.2. The van der Waals surface area contributed by atoms with Gasteiger partial charge in [0.15, 0.2) is 5.11 Å². The van der Waals surface area contributed by atoms with Crippen LogP contribution in [-0.2, 0) is 0 Å². The quantitative estimate of drug-likeness (QED) is 0.237. The molecule has 0 radical (unpaired) electrons. The van der Waals surface area contributed by atoms with Gasteiger partial charge in [-0.15, -0.1) is 10.2 Å². The van der Waals surface area contributed by atoms with E-state index in [2.05, 4.69) is 74.3 Å². The molecule has 0 saturated carbocycles. The maximum Gasteiger partial charge on any atom is 0.257 e. The van der Waals surface area contributed by atoms with Crippen LogP contribution >= 0.6 is 34.8 Å². The lowest BCUT2D eigenvalue weighted by Crippen LogP contribution is -2.34. The second kappa shape index (κ2) is 10.5. The van der Waals surface area contributed by atoms with E-state index in [0.717, 1.165) is 44.6 Å². The van der Waals surface area contributed by atoms with E-state index in [1.165, 1.54) is 5.69 Å². The third-order valence-corrected chi connectivity index (χ3v) is 6.37. The van der Waals surface area contributed by atoms with Gasteiger partial charge in [0.25, 0.3) is 5.91 Å². The molecular formula is C25H25IN6OS. The predicted molar refractivity (Wildman–Crippen MR) is 150 cm³/mol. The van der Waals surface area contributed by atoms with Crippen molar-refractivity contribution in [3.63, 3.8) is 0 Å². The molecule has 9 heteroatoms. The van der Waals surface area contributed by atoms with Crippen LogP contribution in [0.25, 0.3) is 16.7 Å². The van der Waals surface area contributed by atoms with Crippen LogP contribution in [0, 0.1) is 10.5 Å². The molecule has 2 N–H and O–H groups in total. The fourth-order valence-electron chi connectivity index (χ4n) is 3.66. The van der Waals surface area contributed by atoms with E-state index in [-0.39, 0.29) is 11.0 Å². The predicted octanol–water partition coefficient (Wildman–Crippen LogP) is 5.31. The number of rotatable bonds is 6. The SMILES string of the molecule is CCN(CC)c1ccc(-n2nc3cc(C)c(NC(=S)NC(=O)c4cccc(I)c4)cc3n2)cc1. The van der Waals surface area contributed by atoms with Crippen molar-refractivity contribution >= 4 is 68.2 Å². The van der Waals surface area contributed by atoms with Gasteiger partial charge in [0, 0.05) is 33.6 Å². The van der Waals surface area contributed by atoms with Gasteiger partial charge in [0.05, 0.1) is 5.69 Å². The summed E-state index contributed by atoms with van der Waals surface area (Å²) in [6, 6.07) is 19.4. The molecule has 4 rings (SSSR count). The minimum Gasteiger partial charge on any atom is -0.372 e. The zero-order valence-corrected chi connectivity index (χ0v) is 22.1. The van der Waals surface area contributed by atoms with Crippen molar-refractivity contribution in [1.29, 1.82) is 0 Å². The standard InChI is InChI=1S/C25H25IN6OS/c1-4-31(5-2)19-9-11-20(12-10-19)32-29-22-13-16(3)21(15-23(22)30-32)27-25(34)28-24(33)17-7-6-8-18(26)14-17/h6-15H,4-5H2,1-3H3,(H2,27,28,33,34). The number of anilines is 2. The van der Waals surface area contributed by atoms with Crippen molar-refractivity contribution in [2.24, 2.45) is 0 Å². The van der Waals surface area contributed by atoms with Crippen molar-refractivity contribution in [2.75, 3.05) is 23.3 Å². The molecule has 0 spiro atoms. The molecule has 1 amide bonds. The summed E-state index contributed by atoms with van der Waals surface area (Å²) in [7, 11) is 0. The lowest BCUT2D eigenvalue weighted by molar-refractivity contribution is 0.0977. The molecular weight excluding hydrogens is 559 g/mol. The number of halogens is 1. The Morgan fingerprint density at radius 2 is 1.71 bits per heavy atom. The minimum atomic E-state index is -0.256. The van der Waals surface area contributed by atoms with Gasteiger partial charge in [-0.3, -0.25) is 10.1 Å². The molecule has 0 saturated heterocycles. The molecule has 0 atom stereocenters. The molecule has 4 aromatic rings. The lowest BCUT2D eigenvalue weighted by atomic mass is 10.2. The highest BCUT2D eigenvalue weighted by Crippen LogP contribution is 2.23. The van der Waals surface area contributed by atoms with Crippen LogP contribution in [0.2, 0.25) is 0 Å². The number of carbonyl (C=O) groups excluding carboxylic acids is 1. The first-order valence-electron chi connectivity index (χ1n) is 11.0. The van der Waals surface area contributed by atoms with Gasteiger partial charge in [0.1, 0.15) is 11.0 Å². The number of benzene rings is 3. The normalized spacial score (nSPS) is 10.8. The van der Waals surface area contributed by atoms with Gasteiger partial charge >= 0.3 is 0 Å². The molecule has 0 aliphatic carbocycles. The van der Waals surface area contributed by atoms with Crippen LogP contribution in [0.5, 0.6) is 0 Å². The zero-order valence-electron chi connectivity index (χ0n) is 19.2. The molecule has 0 unspecified atom stereocenters. The smallest absolute Gasteiger partial charge is 0.257 e. The van der Waals surface area contributed by atoms with E-state index in [1.54, 1.807) is 10.9 Å². The fraction of sp³-hybridized carbons (Fsp3) is 0.200. The van der Waals surface area contributed by atoms with E-state index in [1.807, 2.05) is 49.4 Å². The average molecular weight is 584 g/mol. The number of nitrogens with zero attached hydrogens (tertiary/aromatic N) is 4. The van der Waals surface area contributed by atoms with Crippen LogP contribution < -0.4 is 15.5 Å². The van der Waals surface area contributed by atoms with Crippen molar-refractivity contribution < 1.29 is 4.79 Å². The first-order chi connectivity index (χ1) is 16.4. The Morgan fingerprint density at radius 3 is 2.35 bits per heavy atom. The average Bonchev–Trinajstić information content (AvgIpc) is 3.23. The minimum absolute atomic E-state index is 0.227. The second-order valence-corrected chi connectivity index (χ2v) is 9.41. The third kappa shape index (κ3) is 5.36. The molecule has 7 nitrogen and oxygen atoms in total. The highest BCUT2D eigenvalue weighted by Gasteiger charge is 2.12. The molecule has 0 bridgehead atoms. The Labute approximate surface area is 217 Å². The van der Waals surface area contributed by atoms with E-state index in [9.17, 15) is 4.79 Å². The summed E-state index contributed by atoms with van der Waals surface area (Å²) in [4.78, 5) is 16.4. The summed E-state index contributed by atoms with van der Waals surface area (Å²) in [5.74, 6) is -0.256. The van der Waals surface area contributed by atoms with Crippen LogP contribution in [0.1, 0.15) is 29.8 Å². The summed E-state index contributed by atoms with van der Waals surface area (Å²) in [5, 5.41) is 15.4. The topological polar surface area (TPSA) is 75.1 Å². The summed E-state index contributed by atoms with van der Waals surface area (Å²) >= 11 is 7.54. The van der Waals surface area contributed by atoms with Gasteiger partial charge in [-0.25, -0.2) is 0 Å². The first-order valence-corrected chi connectivity index (χ1v) is 12.5. The van der Waals surface area contributed by atoms with Crippen LogP contribution in [-0.4, -0.2) is 39.1 Å². The highest BCUT2D eigenvalue weighted by molar-refractivity contribution is 14.1. The molecule has 3 aromatic carbocycles. The third-order valence-electron chi connectivity index (χ3n) is 5.50. The fourth-order valence-corrected chi connectivity index (χ4v) is 4.41. The Balaban J connectivity index is 1.51. The number of nitrogens with one attached hydrogen (secondary N) is 2. The number of hydrogen-bond donors (Lipinski definition) is 2. The van der Waals surface area contributed by atoms with Crippen molar-refractivity contribution in [1.82, 2.24) is 20.3 Å². The Kier molecular flexibility index (Phi) is 7.42. The van der Waals surface area contributed by atoms with Gasteiger partial charge < -0.3 is 10.2 Å². The highest BCUT2D eigenvalue weighted by atomic mass is 127. The van der Waals surface area contributed by atoms with E-state index in [4.69, 9.17) is 12.2 Å². The lowest BCUT2D eigenvalue weighted by Gasteiger charge is -2.20. The largest absolute Gasteiger partial charge is 0.372 e. The Morgan fingerprint density at radius 1 is 1.03 bits per heavy atom. The van der Waals surface area contributed by atoms with Crippen molar-refractivity contribution in [3.05, 3.63) is 75.4 Å². The molecule has 0 aliphatic heterocycles. The van der Waals surface area contributed by atoms with Crippen molar-refractivity contribution in [2.45, 2.75) is 20.8 Å². The monoisotopic (exact) mass is 584 g/mol. The summed E-state index contributed by atoms with van der Waals surface area (Å²) in [5.41, 5.74) is 5.84. The molecule has 1 aromatic heterocycles. The number of thiocarbonyl (C=S) groups is 1. The maximum absolute atomic E-state index is 12.5. The summed E-state index contributed by atoms with van der Waals surface area (Å²) < 4.78 is 0.983. The van der Waals surface area contributed by atoms with Crippen LogP contribution in [0.15, 0.2) is 60.7 Å². The number of amides is 1.